The summed E-state index contributed by atoms with van der Waals surface area (Å²) in [6, 6.07) is 8.64. The number of rotatable bonds is 4. The molecular weight excluding hydrogens is 351 g/mol. The van der Waals surface area contributed by atoms with Gasteiger partial charge in [-0.15, -0.1) is 13.2 Å². The molecule has 1 N–H and O–H groups in total. The van der Waals surface area contributed by atoms with Crippen molar-refractivity contribution in [1.29, 1.82) is 0 Å². The smallest absolute Gasteiger partial charge is 0.406 e. The predicted molar refractivity (Wildman–Crippen MR) is 87.9 cm³/mol. The van der Waals surface area contributed by atoms with Crippen LogP contribution < -0.4 is 15.0 Å². The quantitative estimate of drug-likeness (QED) is 0.900. The SMILES string of the molecule is O=C(Nc1ccc(OC(F)(F)F)cc1)[C@@H]1CN(c2cccnc2)CCO1. The Hall–Kier alpha value is -2.81. The predicted octanol–water partition coefficient (Wildman–Crippen LogP) is 2.82. The summed E-state index contributed by atoms with van der Waals surface area (Å²) in [4.78, 5) is 18.4. The minimum Gasteiger partial charge on any atom is -0.406 e. The first-order valence-electron chi connectivity index (χ1n) is 7.84. The molecule has 0 aliphatic carbocycles. The third kappa shape index (κ3) is 4.85. The van der Waals surface area contributed by atoms with Crippen LogP contribution in [0.15, 0.2) is 48.8 Å². The molecule has 1 aromatic heterocycles. The Balaban J connectivity index is 1.59. The number of carbonyl (C=O) groups excluding carboxylic acids is 1. The number of halogens is 3. The number of ether oxygens (including phenoxy) is 2. The van der Waals surface area contributed by atoms with Crippen molar-refractivity contribution in [3.63, 3.8) is 0 Å². The molecule has 0 spiro atoms. The summed E-state index contributed by atoms with van der Waals surface area (Å²) >= 11 is 0. The average molecular weight is 367 g/mol. The van der Waals surface area contributed by atoms with Gasteiger partial charge in [0.2, 0.25) is 0 Å². The van der Waals surface area contributed by atoms with Gasteiger partial charge >= 0.3 is 6.36 Å². The van der Waals surface area contributed by atoms with E-state index in [1.54, 1.807) is 12.4 Å². The van der Waals surface area contributed by atoms with E-state index in [2.05, 4.69) is 15.0 Å². The summed E-state index contributed by atoms with van der Waals surface area (Å²) in [6.45, 7) is 1.37. The maximum absolute atomic E-state index is 12.4. The Kier molecular flexibility index (Phi) is 5.27. The molecule has 26 heavy (non-hydrogen) atoms. The van der Waals surface area contributed by atoms with Crippen LogP contribution in [0.5, 0.6) is 5.75 Å². The Bertz CT molecular complexity index is 738. The van der Waals surface area contributed by atoms with Gasteiger partial charge in [0.25, 0.3) is 5.91 Å². The molecule has 9 heteroatoms. The van der Waals surface area contributed by atoms with Crippen LogP contribution in [0.1, 0.15) is 0 Å². The van der Waals surface area contributed by atoms with Gasteiger partial charge in [0.1, 0.15) is 5.75 Å². The second-order valence-corrected chi connectivity index (χ2v) is 5.58. The van der Waals surface area contributed by atoms with Crippen LogP contribution in [0.2, 0.25) is 0 Å². The Morgan fingerprint density at radius 1 is 1.27 bits per heavy atom. The zero-order valence-corrected chi connectivity index (χ0v) is 13.6. The normalized spacial score (nSPS) is 17.7. The third-order valence-corrected chi connectivity index (χ3v) is 3.73. The zero-order valence-electron chi connectivity index (χ0n) is 13.6. The van der Waals surface area contributed by atoms with Crippen molar-refractivity contribution in [1.82, 2.24) is 4.98 Å². The van der Waals surface area contributed by atoms with Crippen LogP contribution in [0, 0.1) is 0 Å². The molecule has 1 amide bonds. The molecule has 3 rings (SSSR count). The van der Waals surface area contributed by atoms with E-state index in [0.29, 0.717) is 25.4 Å². The van der Waals surface area contributed by atoms with E-state index in [-0.39, 0.29) is 11.7 Å². The van der Waals surface area contributed by atoms with Crippen molar-refractivity contribution in [2.24, 2.45) is 0 Å². The molecule has 1 atom stereocenters. The van der Waals surface area contributed by atoms with Gasteiger partial charge in [-0.3, -0.25) is 9.78 Å². The number of anilines is 2. The number of pyridine rings is 1. The van der Waals surface area contributed by atoms with E-state index in [0.717, 1.165) is 17.8 Å². The lowest BCUT2D eigenvalue weighted by Crippen LogP contribution is -2.48. The fraction of sp³-hybridized carbons (Fsp3) is 0.294. The second kappa shape index (κ2) is 7.61. The minimum atomic E-state index is -4.75. The summed E-state index contributed by atoms with van der Waals surface area (Å²) in [5, 5.41) is 2.63. The summed E-state index contributed by atoms with van der Waals surface area (Å²) in [6.07, 6.45) is -2.08. The molecule has 0 unspecified atom stereocenters. The molecule has 1 aromatic carbocycles. The van der Waals surface area contributed by atoms with Crippen molar-refractivity contribution in [3.8, 4) is 5.75 Å². The van der Waals surface area contributed by atoms with Crippen LogP contribution in [0.3, 0.4) is 0 Å². The molecule has 138 valence electrons. The minimum absolute atomic E-state index is 0.353. The van der Waals surface area contributed by atoms with E-state index >= 15 is 0 Å². The second-order valence-electron chi connectivity index (χ2n) is 5.58. The first-order chi connectivity index (χ1) is 12.4. The number of morpholine rings is 1. The van der Waals surface area contributed by atoms with Gasteiger partial charge in [0.15, 0.2) is 6.10 Å². The van der Waals surface area contributed by atoms with E-state index < -0.39 is 12.5 Å². The van der Waals surface area contributed by atoms with E-state index in [1.165, 1.54) is 12.1 Å². The van der Waals surface area contributed by atoms with Crippen molar-refractivity contribution < 1.29 is 27.4 Å². The summed E-state index contributed by atoms with van der Waals surface area (Å²) in [5.74, 6) is -0.727. The highest BCUT2D eigenvalue weighted by atomic mass is 19.4. The van der Waals surface area contributed by atoms with E-state index in [9.17, 15) is 18.0 Å². The fourth-order valence-electron chi connectivity index (χ4n) is 2.55. The van der Waals surface area contributed by atoms with Gasteiger partial charge < -0.3 is 19.7 Å². The number of hydrogen-bond donors (Lipinski definition) is 1. The Labute approximate surface area is 147 Å². The molecule has 0 radical (unpaired) electrons. The number of alkyl halides is 3. The molecule has 6 nitrogen and oxygen atoms in total. The van der Waals surface area contributed by atoms with Gasteiger partial charge in [-0.1, -0.05) is 0 Å². The lowest BCUT2D eigenvalue weighted by molar-refractivity contribution is -0.274. The molecule has 2 heterocycles. The third-order valence-electron chi connectivity index (χ3n) is 3.73. The van der Waals surface area contributed by atoms with Gasteiger partial charge in [-0.25, -0.2) is 0 Å². The summed E-state index contributed by atoms with van der Waals surface area (Å²) in [5.41, 5.74) is 1.24. The number of amides is 1. The lowest BCUT2D eigenvalue weighted by Gasteiger charge is -2.33. The molecule has 1 aliphatic rings. The summed E-state index contributed by atoms with van der Waals surface area (Å²) < 4.78 is 45.8. The van der Waals surface area contributed by atoms with Gasteiger partial charge in [-0.2, -0.15) is 0 Å². The molecule has 0 saturated carbocycles. The van der Waals surface area contributed by atoms with E-state index in [1.807, 2.05) is 17.0 Å². The molecule has 1 saturated heterocycles. The highest BCUT2D eigenvalue weighted by Gasteiger charge is 2.31. The fourth-order valence-corrected chi connectivity index (χ4v) is 2.55. The highest BCUT2D eigenvalue weighted by Crippen LogP contribution is 2.24. The number of nitrogens with zero attached hydrogens (tertiary/aromatic N) is 2. The number of carbonyl (C=O) groups is 1. The molecular formula is C17H16F3N3O3. The summed E-state index contributed by atoms with van der Waals surface area (Å²) in [7, 11) is 0. The van der Waals surface area contributed by atoms with Crippen LogP contribution in [-0.2, 0) is 9.53 Å². The largest absolute Gasteiger partial charge is 0.573 e. The van der Waals surface area contributed by atoms with E-state index in [4.69, 9.17) is 4.74 Å². The highest BCUT2D eigenvalue weighted by molar-refractivity contribution is 5.94. The van der Waals surface area contributed by atoms with Crippen molar-refractivity contribution >= 4 is 17.3 Å². The van der Waals surface area contributed by atoms with Crippen LogP contribution in [0.25, 0.3) is 0 Å². The first kappa shape index (κ1) is 18.0. The molecule has 1 aliphatic heterocycles. The number of nitrogens with one attached hydrogen (secondary N) is 1. The van der Waals surface area contributed by atoms with Crippen LogP contribution >= 0.6 is 0 Å². The first-order valence-corrected chi connectivity index (χ1v) is 7.84. The molecule has 1 fully saturated rings. The standard InChI is InChI=1S/C17H16F3N3O3/c18-17(19,20)26-14-5-3-12(4-6-14)22-16(24)15-11-23(8-9-25-15)13-2-1-7-21-10-13/h1-7,10,15H,8-9,11H2,(H,22,24)/t15-/m0/s1. The number of hydrogen-bond acceptors (Lipinski definition) is 5. The van der Waals surface area contributed by atoms with Crippen LogP contribution in [-0.4, -0.2) is 43.1 Å². The maximum Gasteiger partial charge on any atom is 0.573 e. The number of benzene rings is 1. The molecule has 0 bridgehead atoms. The number of aromatic nitrogens is 1. The zero-order chi connectivity index (χ0) is 18.6. The Morgan fingerprint density at radius 2 is 2.04 bits per heavy atom. The monoisotopic (exact) mass is 367 g/mol. The lowest BCUT2D eigenvalue weighted by atomic mass is 10.2. The maximum atomic E-state index is 12.4. The van der Waals surface area contributed by atoms with Crippen molar-refractivity contribution in [3.05, 3.63) is 48.8 Å². The van der Waals surface area contributed by atoms with Gasteiger partial charge in [-0.05, 0) is 36.4 Å². The van der Waals surface area contributed by atoms with Gasteiger partial charge in [0.05, 0.1) is 25.0 Å². The van der Waals surface area contributed by atoms with Crippen molar-refractivity contribution in [2.45, 2.75) is 12.5 Å². The Morgan fingerprint density at radius 3 is 2.69 bits per heavy atom. The average Bonchev–Trinajstić information content (AvgIpc) is 2.63. The topological polar surface area (TPSA) is 63.7 Å². The van der Waals surface area contributed by atoms with Gasteiger partial charge in [0, 0.05) is 18.4 Å². The van der Waals surface area contributed by atoms with Crippen LogP contribution in [0.4, 0.5) is 24.5 Å². The molecule has 2 aromatic rings. The van der Waals surface area contributed by atoms with Crippen molar-refractivity contribution in [2.75, 3.05) is 29.9 Å².